The van der Waals surface area contributed by atoms with Crippen LogP contribution >= 0.6 is 0 Å². The molecular weight excluding hydrogens is 329 g/mol. The zero-order valence-electron chi connectivity index (χ0n) is 13.5. The van der Waals surface area contributed by atoms with E-state index in [2.05, 4.69) is 0 Å². The van der Waals surface area contributed by atoms with Crippen molar-refractivity contribution in [1.29, 1.82) is 0 Å². The molecule has 1 saturated carbocycles. The Bertz CT molecular complexity index is 897. The van der Waals surface area contributed by atoms with Crippen molar-refractivity contribution in [3.05, 3.63) is 57.8 Å². The zero-order valence-corrected chi connectivity index (χ0v) is 13.5. The number of benzene rings is 1. The van der Waals surface area contributed by atoms with Gasteiger partial charge in [-0.15, -0.1) is 0 Å². The molecule has 130 valence electrons. The average Bonchev–Trinajstić information content (AvgIpc) is 3.40. The molecule has 0 atom stereocenters. The van der Waals surface area contributed by atoms with Crippen molar-refractivity contribution in [1.82, 2.24) is 4.57 Å². The van der Waals surface area contributed by atoms with E-state index in [4.69, 9.17) is 4.74 Å². The molecule has 0 unspecified atom stereocenters. The van der Waals surface area contributed by atoms with Gasteiger partial charge in [-0.05, 0) is 37.5 Å². The van der Waals surface area contributed by atoms with Gasteiger partial charge in [0.25, 0.3) is 0 Å². The molecule has 0 bridgehead atoms. The van der Waals surface area contributed by atoms with Crippen LogP contribution in [0.2, 0.25) is 0 Å². The first-order valence-electron chi connectivity index (χ1n) is 7.89. The third-order valence-corrected chi connectivity index (χ3v) is 4.01. The summed E-state index contributed by atoms with van der Waals surface area (Å²) in [6.45, 7) is 1.75. The fourth-order valence-corrected chi connectivity index (χ4v) is 2.72. The minimum atomic E-state index is -1.38. The Kier molecular flexibility index (Phi) is 4.39. The van der Waals surface area contributed by atoms with Crippen LogP contribution in [0.4, 0.5) is 4.39 Å². The lowest BCUT2D eigenvalue weighted by Gasteiger charge is -2.17. The molecule has 2 aromatic rings. The topological polar surface area (TPSA) is 85.6 Å². The Morgan fingerprint density at radius 2 is 1.92 bits per heavy atom. The summed E-state index contributed by atoms with van der Waals surface area (Å²) in [5.41, 5.74) is -1.03. The van der Waals surface area contributed by atoms with Crippen molar-refractivity contribution in [2.75, 3.05) is 6.61 Å². The van der Waals surface area contributed by atoms with Crippen LogP contribution in [-0.2, 0) is 4.74 Å². The third kappa shape index (κ3) is 3.17. The van der Waals surface area contributed by atoms with Crippen LogP contribution in [0, 0.1) is 5.82 Å². The number of carboxylic acids is 1. The molecule has 0 radical (unpaired) electrons. The Labute approximate surface area is 142 Å². The molecule has 0 aliphatic heterocycles. The van der Waals surface area contributed by atoms with Crippen LogP contribution in [-0.4, -0.2) is 28.2 Å². The highest BCUT2D eigenvalue weighted by Gasteiger charge is 2.33. The number of hydrogen-bond donors (Lipinski definition) is 1. The quantitative estimate of drug-likeness (QED) is 0.842. The molecule has 6 nitrogen and oxygen atoms in total. The number of hydrogen-bond acceptors (Lipinski definition) is 4. The third-order valence-electron chi connectivity index (χ3n) is 4.01. The minimum Gasteiger partial charge on any atom is -0.477 e. The molecule has 1 N–H and O–H groups in total. The molecule has 1 aromatic heterocycles. The second-order valence-electron chi connectivity index (χ2n) is 5.77. The van der Waals surface area contributed by atoms with E-state index < -0.39 is 28.7 Å². The molecule has 1 aliphatic carbocycles. The number of halogens is 1. The number of nitrogens with zero attached hydrogens (tertiary/aromatic N) is 1. The van der Waals surface area contributed by atoms with Crippen LogP contribution in [0.15, 0.2) is 35.3 Å². The van der Waals surface area contributed by atoms with Crippen LogP contribution in [0.1, 0.15) is 46.7 Å². The molecule has 25 heavy (non-hydrogen) atoms. The molecular formula is C18H16FNO5. The summed E-state index contributed by atoms with van der Waals surface area (Å²) < 4.78 is 19.8. The molecule has 7 heteroatoms. The van der Waals surface area contributed by atoms with E-state index in [0.717, 1.165) is 25.0 Å². The van der Waals surface area contributed by atoms with Crippen molar-refractivity contribution in [2.24, 2.45) is 0 Å². The van der Waals surface area contributed by atoms with Gasteiger partial charge in [-0.25, -0.2) is 14.0 Å². The molecule has 0 saturated heterocycles. The first kappa shape index (κ1) is 16.9. The van der Waals surface area contributed by atoms with E-state index in [-0.39, 0.29) is 29.5 Å². The van der Waals surface area contributed by atoms with Crippen molar-refractivity contribution < 1.29 is 23.8 Å². The van der Waals surface area contributed by atoms with Gasteiger partial charge >= 0.3 is 11.9 Å². The van der Waals surface area contributed by atoms with Gasteiger partial charge in [0.05, 0.1) is 12.2 Å². The van der Waals surface area contributed by atoms with Gasteiger partial charge < -0.3 is 14.4 Å². The van der Waals surface area contributed by atoms with Crippen LogP contribution in [0.3, 0.4) is 0 Å². The highest BCUT2D eigenvalue weighted by atomic mass is 19.1. The van der Waals surface area contributed by atoms with E-state index in [1.54, 1.807) is 6.92 Å². The first-order valence-corrected chi connectivity index (χ1v) is 7.89. The standard InChI is InChI=1S/C18H16FNO5/c1-2-25-18(24)15-14(10-3-5-11(19)6-4-10)16(21)13(17(22)23)9-20(15)12-7-8-12/h3-6,9,12H,2,7-8H2,1H3,(H,22,23). The number of carbonyl (C=O) groups excluding carboxylic acids is 1. The average molecular weight is 345 g/mol. The second kappa shape index (κ2) is 6.51. The zero-order chi connectivity index (χ0) is 18.1. The monoisotopic (exact) mass is 345 g/mol. The van der Waals surface area contributed by atoms with E-state index in [0.29, 0.717) is 0 Å². The minimum absolute atomic E-state index is 0.00552. The molecule has 3 rings (SSSR count). The van der Waals surface area contributed by atoms with E-state index in [1.165, 1.54) is 22.9 Å². The number of esters is 1. The maximum Gasteiger partial charge on any atom is 0.355 e. The highest BCUT2D eigenvalue weighted by molar-refractivity contribution is 5.98. The lowest BCUT2D eigenvalue weighted by Crippen LogP contribution is -2.26. The fourth-order valence-electron chi connectivity index (χ4n) is 2.72. The maximum absolute atomic E-state index is 13.2. The maximum atomic E-state index is 13.2. The summed E-state index contributed by atoms with van der Waals surface area (Å²) in [5.74, 6) is -2.58. The van der Waals surface area contributed by atoms with Crippen molar-refractivity contribution in [3.8, 4) is 11.1 Å². The summed E-state index contributed by atoms with van der Waals surface area (Å²) >= 11 is 0. The summed E-state index contributed by atoms with van der Waals surface area (Å²) in [5, 5.41) is 9.35. The van der Waals surface area contributed by atoms with Gasteiger partial charge in [0.15, 0.2) is 0 Å². The smallest absolute Gasteiger partial charge is 0.355 e. The first-order chi connectivity index (χ1) is 11.9. The van der Waals surface area contributed by atoms with Crippen molar-refractivity contribution in [2.45, 2.75) is 25.8 Å². The number of pyridine rings is 1. The van der Waals surface area contributed by atoms with E-state index in [1.807, 2.05) is 0 Å². The highest BCUT2D eigenvalue weighted by Crippen LogP contribution is 2.38. The van der Waals surface area contributed by atoms with Gasteiger partial charge in [-0.1, -0.05) is 12.1 Å². The number of aromatic carboxylic acids is 1. The number of ether oxygens (including phenoxy) is 1. The number of carboxylic acid groups (broad SMARTS) is 1. The van der Waals surface area contributed by atoms with E-state index >= 15 is 0 Å². The normalized spacial score (nSPS) is 13.5. The lowest BCUT2D eigenvalue weighted by atomic mass is 10.00. The molecule has 0 amide bonds. The number of rotatable bonds is 5. The summed E-state index contributed by atoms with van der Waals surface area (Å²) in [7, 11) is 0. The number of aromatic nitrogens is 1. The molecule has 1 aliphatic rings. The van der Waals surface area contributed by atoms with Crippen LogP contribution in [0.25, 0.3) is 11.1 Å². The lowest BCUT2D eigenvalue weighted by molar-refractivity contribution is 0.0511. The Hall–Kier alpha value is -2.96. The Balaban J connectivity index is 2.35. The van der Waals surface area contributed by atoms with Gasteiger partial charge in [-0.3, -0.25) is 4.79 Å². The summed E-state index contributed by atoms with van der Waals surface area (Å²) in [4.78, 5) is 36.7. The second-order valence-corrected chi connectivity index (χ2v) is 5.77. The van der Waals surface area contributed by atoms with Gasteiger partial charge in [0, 0.05) is 12.2 Å². The van der Waals surface area contributed by atoms with E-state index in [9.17, 15) is 23.9 Å². The molecule has 1 fully saturated rings. The Morgan fingerprint density at radius 1 is 1.28 bits per heavy atom. The fraction of sp³-hybridized carbons (Fsp3) is 0.278. The summed E-state index contributed by atoms with van der Waals surface area (Å²) in [6.07, 6.45) is 2.75. The summed E-state index contributed by atoms with van der Waals surface area (Å²) in [6, 6.07) is 4.93. The predicted octanol–water partition coefficient (Wildman–Crippen LogP) is 2.86. The van der Waals surface area contributed by atoms with Gasteiger partial charge in [0.1, 0.15) is 17.1 Å². The van der Waals surface area contributed by atoms with Crippen molar-refractivity contribution in [3.63, 3.8) is 0 Å². The SMILES string of the molecule is CCOC(=O)c1c(-c2ccc(F)cc2)c(=O)c(C(=O)O)cn1C1CC1. The Morgan fingerprint density at radius 3 is 2.44 bits per heavy atom. The van der Waals surface area contributed by atoms with Crippen LogP contribution < -0.4 is 5.43 Å². The van der Waals surface area contributed by atoms with Gasteiger partial charge in [0.2, 0.25) is 5.43 Å². The molecule has 1 heterocycles. The molecule has 0 spiro atoms. The molecule has 1 aromatic carbocycles. The van der Waals surface area contributed by atoms with Gasteiger partial charge in [-0.2, -0.15) is 0 Å². The number of carbonyl (C=O) groups is 2. The predicted molar refractivity (Wildman–Crippen MR) is 87.3 cm³/mol. The largest absolute Gasteiger partial charge is 0.477 e. The van der Waals surface area contributed by atoms with Crippen molar-refractivity contribution >= 4 is 11.9 Å². The van der Waals surface area contributed by atoms with Crippen LogP contribution in [0.5, 0.6) is 0 Å².